The summed E-state index contributed by atoms with van der Waals surface area (Å²) in [5, 5.41) is 13.5. The number of hydrogen-bond acceptors (Lipinski definition) is 3. The molecule has 0 aliphatic carbocycles. The topological polar surface area (TPSA) is 70.4 Å². The van der Waals surface area contributed by atoms with Gasteiger partial charge in [-0.05, 0) is 93.1 Å². The molecule has 1 fully saturated rings. The number of pyridine rings is 1. The summed E-state index contributed by atoms with van der Waals surface area (Å²) in [5.41, 5.74) is 7.57. The quantitative estimate of drug-likeness (QED) is 0.357. The molecule has 2 N–H and O–H groups in total. The number of thiocarbonyl (C=S) groups is 1. The fraction of sp³-hybridized carbons (Fsp3) is 0.179. The summed E-state index contributed by atoms with van der Waals surface area (Å²) in [6.45, 7) is 6.23. The fourth-order valence-electron chi connectivity index (χ4n) is 4.89. The van der Waals surface area contributed by atoms with Gasteiger partial charge in [-0.1, -0.05) is 23.8 Å². The maximum atomic E-state index is 11.3. The van der Waals surface area contributed by atoms with Gasteiger partial charge in [0.1, 0.15) is 0 Å². The molecular weight excluding hydrogens is 456 g/mol. The molecule has 0 saturated carbocycles. The van der Waals surface area contributed by atoms with E-state index >= 15 is 0 Å². The van der Waals surface area contributed by atoms with Crippen LogP contribution in [0.4, 0.5) is 5.69 Å². The van der Waals surface area contributed by atoms with E-state index in [0.717, 1.165) is 34.0 Å². The second kappa shape index (κ2) is 9.00. The highest BCUT2D eigenvalue weighted by atomic mass is 32.1. The Morgan fingerprint density at radius 3 is 2.29 bits per heavy atom. The highest BCUT2D eigenvalue weighted by Crippen LogP contribution is 2.43. The molecule has 0 spiro atoms. The first kappa shape index (κ1) is 22.8. The molecule has 7 heteroatoms. The molecule has 2 aromatic carbocycles. The Hall–Kier alpha value is -3.97. The van der Waals surface area contributed by atoms with E-state index in [4.69, 9.17) is 12.2 Å². The number of nitrogens with one attached hydrogen (secondary N) is 1. The average Bonchev–Trinajstić information content (AvgIpc) is 3.35. The number of rotatable bonds is 5. The van der Waals surface area contributed by atoms with Crippen LogP contribution in [0, 0.1) is 20.8 Å². The molecule has 0 amide bonds. The molecular formula is C28H26N4O2S. The van der Waals surface area contributed by atoms with Gasteiger partial charge in [0, 0.05) is 29.0 Å². The van der Waals surface area contributed by atoms with E-state index in [0.29, 0.717) is 5.11 Å². The third-order valence-corrected chi connectivity index (χ3v) is 6.89. The Morgan fingerprint density at radius 2 is 1.66 bits per heavy atom. The number of aromatic nitrogens is 2. The van der Waals surface area contributed by atoms with E-state index in [1.165, 1.54) is 5.56 Å². The first-order valence-corrected chi connectivity index (χ1v) is 11.9. The third-order valence-electron chi connectivity index (χ3n) is 6.57. The average molecular weight is 483 g/mol. The van der Waals surface area contributed by atoms with Gasteiger partial charge in [0.05, 0.1) is 23.3 Å². The minimum absolute atomic E-state index is 0.113. The van der Waals surface area contributed by atoms with Crippen LogP contribution < -0.4 is 10.2 Å². The molecule has 0 radical (unpaired) electrons. The molecule has 1 aliphatic rings. The van der Waals surface area contributed by atoms with Gasteiger partial charge < -0.3 is 19.9 Å². The summed E-state index contributed by atoms with van der Waals surface area (Å²) in [5.74, 6) is -0.935. The van der Waals surface area contributed by atoms with Crippen molar-refractivity contribution in [3.8, 4) is 5.69 Å². The number of aromatic carboxylic acids is 1. The van der Waals surface area contributed by atoms with Crippen LogP contribution in [0.25, 0.3) is 5.69 Å². The summed E-state index contributed by atoms with van der Waals surface area (Å²) >= 11 is 5.85. The second-order valence-electron chi connectivity index (χ2n) is 8.85. The Morgan fingerprint density at radius 1 is 0.971 bits per heavy atom. The molecule has 1 saturated heterocycles. The van der Waals surface area contributed by atoms with Crippen LogP contribution in [-0.4, -0.2) is 25.7 Å². The Balaban J connectivity index is 1.65. The molecule has 6 nitrogen and oxygen atoms in total. The van der Waals surface area contributed by atoms with Gasteiger partial charge in [0.2, 0.25) is 0 Å². The standard InChI is InChI=1S/C28H26N4O2S/c1-17-7-11-22(12-8-17)32-26(25(30-28(32)35)24-6-4-5-15-29-24)23-16-18(2)31(19(23)3)21-13-9-20(10-14-21)27(33)34/h4-16,25-26H,1-3H3,(H,30,35)(H,33,34)/t25-,26+/m0/s1. The highest BCUT2D eigenvalue weighted by molar-refractivity contribution is 7.80. The molecule has 0 bridgehead atoms. The normalized spacial score (nSPS) is 17.5. The number of nitrogens with zero attached hydrogens (tertiary/aromatic N) is 3. The largest absolute Gasteiger partial charge is 0.478 e. The lowest BCUT2D eigenvalue weighted by Crippen LogP contribution is -2.29. The lowest BCUT2D eigenvalue weighted by molar-refractivity contribution is 0.0697. The maximum Gasteiger partial charge on any atom is 0.335 e. The van der Waals surface area contributed by atoms with Crippen molar-refractivity contribution in [1.82, 2.24) is 14.9 Å². The Labute approximate surface area is 209 Å². The zero-order valence-electron chi connectivity index (χ0n) is 19.8. The minimum Gasteiger partial charge on any atom is -0.478 e. The van der Waals surface area contributed by atoms with E-state index in [-0.39, 0.29) is 17.6 Å². The summed E-state index contributed by atoms with van der Waals surface area (Å²) in [4.78, 5) is 18.1. The predicted octanol–water partition coefficient (Wildman–Crippen LogP) is 5.67. The number of carboxylic acid groups (broad SMARTS) is 1. The minimum atomic E-state index is -0.935. The molecule has 1 aliphatic heterocycles. The van der Waals surface area contributed by atoms with Gasteiger partial charge in [-0.15, -0.1) is 0 Å². The van der Waals surface area contributed by atoms with Crippen molar-refractivity contribution >= 4 is 29.0 Å². The highest BCUT2D eigenvalue weighted by Gasteiger charge is 2.42. The zero-order valence-corrected chi connectivity index (χ0v) is 20.6. The SMILES string of the molecule is Cc1ccc(N2C(=S)N[C@@H](c3ccccn3)[C@H]2c2cc(C)n(-c3ccc(C(=O)O)cc3)c2C)cc1. The molecule has 2 atom stereocenters. The van der Waals surface area contributed by atoms with Crippen LogP contribution in [0.2, 0.25) is 0 Å². The number of carbonyl (C=O) groups is 1. The molecule has 4 aromatic rings. The van der Waals surface area contributed by atoms with E-state index in [1.807, 2.05) is 30.3 Å². The molecule has 2 aromatic heterocycles. The van der Waals surface area contributed by atoms with Crippen LogP contribution in [0.1, 0.15) is 50.7 Å². The number of benzene rings is 2. The van der Waals surface area contributed by atoms with Crippen molar-refractivity contribution in [2.45, 2.75) is 32.9 Å². The molecule has 176 valence electrons. The van der Waals surface area contributed by atoms with Gasteiger partial charge >= 0.3 is 5.97 Å². The van der Waals surface area contributed by atoms with Crippen molar-refractivity contribution < 1.29 is 9.90 Å². The van der Waals surface area contributed by atoms with Crippen molar-refractivity contribution in [2.75, 3.05) is 4.90 Å². The Bertz CT molecular complexity index is 1400. The number of anilines is 1. The van der Waals surface area contributed by atoms with Gasteiger partial charge in [-0.25, -0.2) is 4.79 Å². The smallest absolute Gasteiger partial charge is 0.335 e. The number of hydrogen-bond donors (Lipinski definition) is 2. The molecule has 3 heterocycles. The van der Waals surface area contributed by atoms with E-state index in [2.05, 4.69) is 70.9 Å². The van der Waals surface area contributed by atoms with Crippen LogP contribution in [0.5, 0.6) is 0 Å². The zero-order chi connectivity index (χ0) is 24.7. The predicted molar refractivity (Wildman–Crippen MR) is 141 cm³/mol. The van der Waals surface area contributed by atoms with Crippen LogP contribution >= 0.6 is 12.2 Å². The lowest BCUT2D eigenvalue weighted by Gasteiger charge is -2.28. The van der Waals surface area contributed by atoms with Crippen molar-refractivity contribution in [3.05, 3.63) is 113 Å². The first-order chi connectivity index (χ1) is 16.8. The van der Waals surface area contributed by atoms with Crippen molar-refractivity contribution in [2.24, 2.45) is 0 Å². The van der Waals surface area contributed by atoms with Crippen LogP contribution in [-0.2, 0) is 0 Å². The van der Waals surface area contributed by atoms with Crippen LogP contribution in [0.3, 0.4) is 0 Å². The fourth-order valence-corrected chi connectivity index (χ4v) is 5.24. The second-order valence-corrected chi connectivity index (χ2v) is 9.23. The van der Waals surface area contributed by atoms with E-state index < -0.39 is 5.97 Å². The molecule has 0 unspecified atom stereocenters. The Kier molecular flexibility index (Phi) is 5.86. The van der Waals surface area contributed by atoms with E-state index in [1.54, 1.807) is 18.3 Å². The van der Waals surface area contributed by atoms with Gasteiger partial charge in [0.15, 0.2) is 5.11 Å². The maximum absolute atomic E-state index is 11.3. The van der Waals surface area contributed by atoms with Crippen molar-refractivity contribution in [1.29, 1.82) is 0 Å². The van der Waals surface area contributed by atoms with Crippen LogP contribution in [0.15, 0.2) is 79.0 Å². The monoisotopic (exact) mass is 482 g/mol. The molecule has 5 rings (SSSR count). The first-order valence-electron chi connectivity index (χ1n) is 11.4. The van der Waals surface area contributed by atoms with Gasteiger partial charge in [-0.3, -0.25) is 4.98 Å². The summed E-state index contributed by atoms with van der Waals surface area (Å²) in [6, 6.07) is 23.2. The lowest BCUT2D eigenvalue weighted by atomic mass is 9.96. The summed E-state index contributed by atoms with van der Waals surface area (Å²) < 4.78 is 2.16. The van der Waals surface area contributed by atoms with Crippen molar-refractivity contribution in [3.63, 3.8) is 0 Å². The third kappa shape index (κ3) is 4.08. The summed E-state index contributed by atoms with van der Waals surface area (Å²) in [6.07, 6.45) is 1.80. The number of aryl methyl sites for hydroxylation is 2. The summed E-state index contributed by atoms with van der Waals surface area (Å²) in [7, 11) is 0. The van der Waals surface area contributed by atoms with Gasteiger partial charge in [-0.2, -0.15) is 0 Å². The molecule has 35 heavy (non-hydrogen) atoms. The van der Waals surface area contributed by atoms with Gasteiger partial charge in [0.25, 0.3) is 0 Å². The number of carboxylic acids is 1. The van der Waals surface area contributed by atoms with E-state index in [9.17, 15) is 9.90 Å².